The molecule has 0 saturated carbocycles. The zero-order valence-electron chi connectivity index (χ0n) is 57.1. The van der Waals surface area contributed by atoms with Crippen molar-refractivity contribution in [1.29, 1.82) is 0 Å². The standard InChI is InChI=1S/C76H143N2O6P/c1-6-8-10-12-14-16-18-20-22-24-26-28-30-32-34-36-37-38-39-40-41-42-44-46-48-50-52-54-56-58-60-62-64-66-68-70-76(80)77-74(73-84-85(81,82)83-72-71-78(3,4)5)75(79)69-67-65-63-61-59-57-55-53-51-49-47-45-43-35-33-31-29-27-25-23-21-19-17-15-13-11-9-7-2/h8,10,14,16,20,22,26,28,32,34,67,69,74-75,79H,6-7,9,11-13,15,17-19,21,23-25,27,29-31,33,35-66,68,70-73H2,1-5H3,(H-,77,80,81,82)/p+1/b10-8-,16-14-,22-20-,28-26-,34-32-,69-67+. The van der Waals surface area contributed by atoms with Crippen LogP contribution in [0.3, 0.4) is 0 Å². The number of rotatable bonds is 68. The minimum atomic E-state index is -4.36. The molecule has 0 heterocycles. The van der Waals surface area contributed by atoms with Crippen LogP contribution in [0.5, 0.6) is 0 Å². The molecule has 3 unspecified atom stereocenters. The Balaban J connectivity index is 4.02. The van der Waals surface area contributed by atoms with E-state index in [4.69, 9.17) is 9.05 Å². The van der Waals surface area contributed by atoms with Crippen molar-refractivity contribution in [3.63, 3.8) is 0 Å². The molecular formula is C76H144N2O6P+. The number of unbranched alkanes of at least 4 members (excludes halogenated alkanes) is 45. The molecule has 1 amide bonds. The van der Waals surface area contributed by atoms with Gasteiger partial charge in [-0.2, -0.15) is 0 Å². The molecule has 0 aromatic heterocycles. The normalized spacial score (nSPS) is 14.0. The number of phosphoric acid groups is 1. The fraction of sp³-hybridized carbons (Fsp3) is 0.829. The number of phosphoric ester groups is 1. The molecule has 0 aliphatic carbocycles. The number of hydrogen-bond acceptors (Lipinski definition) is 5. The molecule has 3 N–H and O–H groups in total. The van der Waals surface area contributed by atoms with Gasteiger partial charge in [-0.15, -0.1) is 0 Å². The first-order chi connectivity index (χ1) is 41.5. The average Bonchev–Trinajstić information content (AvgIpc) is 3.48. The summed E-state index contributed by atoms with van der Waals surface area (Å²) in [5.74, 6) is -0.172. The second kappa shape index (κ2) is 66.4. The number of carbonyl (C=O) groups excluding carboxylic acids is 1. The van der Waals surface area contributed by atoms with E-state index in [0.717, 1.165) is 70.6 Å². The molecule has 0 rings (SSSR count). The van der Waals surface area contributed by atoms with E-state index >= 15 is 0 Å². The van der Waals surface area contributed by atoms with Crippen molar-refractivity contribution in [2.24, 2.45) is 0 Å². The zero-order chi connectivity index (χ0) is 61.9. The van der Waals surface area contributed by atoms with Crippen molar-refractivity contribution in [3.8, 4) is 0 Å². The van der Waals surface area contributed by atoms with Crippen LogP contribution in [-0.2, 0) is 18.4 Å². The molecule has 9 heteroatoms. The summed E-state index contributed by atoms with van der Waals surface area (Å²) < 4.78 is 23.9. The number of aliphatic hydroxyl groups is 1. The smallest absolute Gasteiger partial charge is 0.387 e. The molecule has 85 heavy (non-hydrogen) atoms. The fourth-order valence-corrected chi connectivity index (χ4v) is 11.8. The number of allylic oxidation sites excluding steroid dienone is 11. The first kappa shape index (κ1) is 82.9. The molecular weight excluding hydrogens is 1070 g/mol. The summed E-state index contributed by atoms with van der Waals surface area (Å²) in [5, 5.41) is 14.0. The monoisotopic (exact) mass is 1210 g/mol. The van der Waals surface area contributed by atoms with Crippen LogP contribution in [0.15, 0.2) is 72.9 Å². The summed E-state index contributed by atoms with van der Waals surface area (Å²) >= 11 is 0. The molecule has 0 aromatic carbocycles. The highest BCUT2D eigenvalue weighted by molar-refractivity contribution is 7.47. The number of carbonyl (C=O) groups is 1. The maximum atomic E-state index is 13.1. The third-order valence-corrected chi connectivity index (χ3v) is 17.7. The summed E-state index contributed by atoms with van der Waals surface area (Å²) in [5.41, 5.74) is 0. The lowest BCUT2D eigenvalue weighted by Gasteiger charge is -2.25. The van der Waals surface area contributed by atoms with Gasteiger partial charge in [0.05, 0.1) is 39.9 Å². The Morgan fingerprint density at radius 3 is 1.04 bits per heavy atom. The lowest BCUT2D eigenvalue weighted by atomic mass is 10.0. The van der Waals surface area contributed by atoms with E-state index in [9.17, 15) is 19.4 Å². The van der Waals surface area contributed by atoms with Crippen molar-refractivity contribution < 1.29 is 32.9 Å². The molecule has 0 aliphatic rings. The highest BCUT2D eigenvalue weighted by Gasteiger charge is 2.28. The number of amides is 1. The van der Waals surface area contributed by atoms with E-state index in [-0.39, 0.29) is 19.1 Å². The van der Waals surface area contributed by atoms with E-state index in [1.165, 1.54) is 263 Å². The average molecular weight is 1210 g/mol. The summed E-state index contributed by atoms with van der Waals surface area (Å²) in [7, 11) is 1.58. The third-order valence-electron chi connectivity index (χ3n) is 16.7. The number of aliphatic hydroxyl groups excluding tert-OH is 1. The number of nitrogens with one attached hydrogen (secondary N) is 1. The summed E-state index contributed by atoms with van der Waals surface area (Å²) in [6.07, 6.45) is 93.5. The van der Waals surface area contributed by atoms with E-state index in [1.54, 1.807) is 6.08 Å². The Bertz CT molecular complexity index is 1620. The van der Waals surface area contributed by atoms with Crippen LogP contribution >= 0.6 is 7.82 Å². The van der Waals surface area contributed by atoms with Gasteiger partial charge in [-0.1, -0.05) is 356 Å². The van der Waals surface area contributed by atoms with Crippen LogP contribution in [0.2, 0.25) is 0 Å². The van der Waals surface area contributed by atoms with Gasteiger partial charge in [0.1, 0.15) is 13.2 Å². The van der Waals surface area contributed by atoms with Gasteiger partial charge in [-0.25, -0.2) is 4.57 Å². The molecule has 3 atom stereocenters. The minimum Gasteiger partial charge on any atom is -0.387 e. The Morgan fingerprint density at radius 1 is 0.412 bits per heavy atom. The van der Waals surface area contributed by atoms with E-state index < -0.39 is 20.0 Å². The largest absolute Gasteiger partial charge is 0.472 e. The molecule has 0 spiro atoms. The number of quaternary nitrogens is 1. The van der Waals surface area contributed by atoms with Gasteiger partial charge in [0.2, 0.25) is 5.91 Å². The number of nitrogens with zero attached hydrogens (tertiary/aromatic N) is 1. The third kappa shape index (κ3) is 69.3. The van der Waals surface area contributed by atoms with Crippen molar-refractivity contribution in [3.05, 3.63) is 72.9 Å². The molecule has 0 fully saturated rings. The molecule has 0 radical (unpaired) electrons. The molecule has 0 saturated heterocycles. The van der Waals surface area contributed by atoms with Crippen LogP contribution in [0.1, 0.15) is 354 Å². The summed E-state index contributed by atoms with van der Waals surface area (Å²) in [4.78, 5) is 23.5. The second-order valence-electron chi connectivity index (χ2n) is 26.3. The Hall–Kier alpha value is -2.06. The predicted octanol–water partition coefficient (Wildman–Crippen LogP) is 23.7. The van der Waals surface area contributed by atoms with Crippen molar-refractivity contribution >= 4 is 13.7 Å². The van der Waals surface area contributed by atoms with Crippen LogP contribution in [0.4, 0.5) is 0 Å². The van der Waals surface area contributed by atoms with Crippen molar-refractivity contribution in [2.45, 2.75) is 366 Å². The predicted molar refractivity (Wildman–Crippen MR) is 373 cm³/mol. The van der Waals surface area contributed by atoms with Gasteiger partial charge in [0.25, 0.3) is 0 Å². The van der Waals surface area contributed by atoms with E-state index in [2.05, 4.69) is 79.9 Å². The summed E-state index contributed by atoms with van der Waals surface area (Å²) in [6.45, 7) is 4.75. The first-order valence-corrected chi connectivity index (χ1v) is 38.3. The second-order valence-corrected chi connectivity index (χ2v) is 27.7. The highest BCUT2D eigenvalue weighted by Crippen LogP contribution is 2.43. The van der Waals surface area contributed by atoms with Crippen LogP contribution in [0, 0.1) is 0 Å². The quantitative estimate of drug-likeness (QED) is 0.0243. The fourth-order valence-electron chi connectivity index (χ4n) is 11.0. The maximum Gasteiger partial charge on any atom is 0.472 e. The number of likely N-dealkylation sites (N-methyl/N-ethyl adjacent to an activating group) is 1. The molecule has 0 aliphatic heterocycles. The van der Waals surface area contributed by atoms with Gasteiger partial charge < -0.3 is 19.8 Å². The van der Waals surface area contributed by atoms with Gasteiger partial charge >= 0.3 is 7.82 Å². The molecule has 498 valence electrons. The first-order valence-electron chi connectivity index (χ1n) is 36.8. The lowest BCUT2D eigenvalue weighted by Crippen LogP contribution is -2.45. The van der Waals surface area contributed by atoms with Crippen LogP contribution in [0.25, 0.3) is 0 Å². The van der Waals surface area contributed by atoms with Gasteiger partial charge in [-0.05, 0) is 64.2 Å². The Labute approximate surface area is 529 Å². The van der Waals surface area contributed by atoms with E-state index in [0.29, 0.717) is 17.4 Å². The maximum absolute atomic E-state index is 13.1. The van der Waals surface area contributed by atoms with Crippen LogP contribution < -0.4 is 5.32 Å². The van der Waals surface area contributed by atoms with Crippen molar-refractivity contribution in [2.75, 3.05) is 40.9 Å². The summed E-state index contributed by atoms with van der Waals surface area (Å²) in [6, 6.07) is -0.850. The van der Waals surface area contributed by atoms with Crippen molar-refractivity contribution in [1.82, 2.24) is 5.32 Å². The molecule has 0 bridgehead atoms. The molecule has 8 nitrogen and oxygen atoms in total. The van der Waals surface area contributed by atoms with Gasteiger partial charge in [0, 0.05) is 6.42 Å². The SMILES string of the molecule is CC/C=C\C/C=C\C/C=C\C/C=C\C/C=C\CCCCCCCCCCCCCCCCCCCCCC(=O)NC(COP(=O)(O)OCC[N+](C)(C)C)C(O)/C=C/CCCCCCCCCCCCCCCCCCCCCCCCCCCC. The van der Waals surface area contributed by atoms with Gasteiger partial charge in [0.15, 0.2) is 0 Å². The Kier molecular flexibility index (Phi) is 64.8. The lowest BCUT2D eigenvalue weighted by molar-refractivity contribution is -0.870. The number of hydrogen-bond donors (Lipinski definition) is 3. The topological polar surface area (TPSA) is 105 Å². The minimum absolute atomic E-state index is 0.0617. The van der Waals surface area contributed by atoms with Crippen LogP contribution in [-0.4, -0.2) is 73.4 Å². The Morgan fingerprint density at radius 2 is 0.706 bits per heavy atom. The highest BCUT2D eigenvalue weighted by atomic mass is 31.2. The van der Waals surface area contributed by atoms with Gasteiger partial charge in [-0.3, -0.25) is 13.8 Å². The molecule has 0 aromatic rings. The zero-order valence-corrected chi connectivity index (χ0v) is 58.0. The van der Waals surface area contributed by atoms with E-state index in [1.807, 2.05) is 27.2 Å².